The highest BCUT2D eigenvalue weighted by Gasteiger charge is 2.29. The van der Waals surface area contributed by atoms with Crippen molar-refractivity contribution in [3.8, 4) is 5.69 Å². The summed E-state index contributed by atoms with van der Waals surface area (Å²) in [6, 6.07) is 11.7. The third-order valence-corrected chi connectivity index (χ3v) is 5.39. The van der Waals surface area contributed by atoms with Crippen LogP contribution in [0.4, 0.5) is 5.69 Å². The number of anilines is 1. The number of para-hydroxylation sites is 1. The predicted octanol–water partition coefficient (Wildman–Crippen LogP) is 3.92. The fraction of sp³-hybridized carbons (Fsp3) is 0.409. The standard InChI is InChI=1S/C22H26N4O3/c1-28-13-7-12-23-17-14-18(22(27)29-2)24-21-19(17)20(15-8-6-9-15)25-26(21)16-10-4-3-5-11-16/h3-5,10-11,14-15H,6-9,12-13H2,1-2H3,(H,23,24). The van der Waals surface area contributed by atoms with E-state index in [1.165, 1.54) is 13.5 Å². The van der Waals surface area contributed by atoms with Gasteiger partial charge in [-0.1, -0.05) is 24.6 Å². The van der Waals surface area contributed by atoms with Gasteiger partial charge in [0.05, 0.1) is 23.9 Å². The Hall–Kier alpha value is -2.93. The minimum Gasteiger partial charge on any atom is -0.464 e. The number of benzene rings is 1. The molecular weight excluding hydrogens is 368 g/mol. The van der Waals surface area contributed by atoms with E-state index in [-0.39, 0.29) is 5.69 Å². The highest BCUT2D eigenvalue weighted by molar-refractivity contribution is 5.98. The van der Waals surface area contributed by atoms with E-state index in [4.69, 9.17) is 14.6 Å². The van der Waals surface area contributed by atoms with Crippen molar-refractivity contribution < 1.29 is 14.3 Å². The first-order chi connectivity index (χ1) is 14.2. The van der Waals surface area contributed by atoms with Gasteiger partial charge in [0.2, 0.25) is 0 Å². The summed E-state index contributed by atoms with van der Waals surface area (Å²) in [6.45, 7) is 1.40. The summed E-state index contributed by atoms with van der Waals surface area (Å²) in [5.74, 6) is -0.0365. The molecule has 1 saturated carbocycles. The fourth-order valence-corrected chi connectivity index (χ4v) is 3.65. The zero-order valence-electron chi connectivity index (χ0n) is 16.9. The molecule has 2 heterocycles. The summed E-state index contributed by atoms with van der Waals surface area (Å²) in [5.41, 5.74) is 3.79. The van der Waals surface area contributed by atoms with Gasteiger partial charge in [-0.05, 0) is 37.5 Å². The van der Waals surface area contributed by atoms with Gasteiger partial charge in [0.25, 0.3) is 0 Å². The number of ether oxygens (including phenoxy) is 2. The molecule has 0 bridgehead atoms. The van der Waals surface area contributed by atoms with E-state index in [2.05, 4.69) is 10.3 Å². The maximum atomic E-state index is 12.3. The molecule has 2 aromatic heterocycles. The van der Waals surface area contributed by atoms with Crippen LogP contribution in [-0.2, 0) is 9.47 Å². The highest BCUT2D eigenvalue weighted by atomic mass is 16.5. The van der Waals surface area contributed by atoms with E-state index >= 15 is 0 Å². The van der Waals surface area contributed by atoms with Gasteiger partial charge in [-0.3, -0.25) is 0 Å². The zero-order valence-corrected chi connectivity index (χ0v) is 16.9. The van der Waals surface area contributed by atoms with Crippen LogP contribution in [0.1, 0.15) is 47.8 Å². The Morgan fingerprint density at radius 1 is 1.24 bits per heavy atom. The molecule has 7 nitrogen and oxygen atoms in total. The number of esters is 1. The van der Waals surface area contributed by atoms with Gasteiger partial charge in [-0.2, -0.15) is 5.10 Å². The number of hydrogen-bond donors (Lipinski definition) is 1. The van der Waals surface area contributed by atoms with Crippen molar-refractivity contribution in [1.82, 2.24) is 14.8 Å². The number of aromatic nitrogens is 3. The highest BCUT2D eigenvalue weighted by Crippen LogP contribution is 2.41. The summed E-state index contributed by atoms with van der Waals surface area (Å²) in [4.78, 5) is 16.9. The lowest BCUT2D eigenvalue weighted by atomic mass is 9.82. The summed E-state index contributed by atoms with van der Waals surface area (Å²) in [5, 5.41) is 9.41. The van der Waals surface area contributed by atoms with Gasteiger partial charge < -0.3 is 14.8 Å². The number of carbonyl (C=O) groups is 1. The largest absolute Gasteiger partial charge is 0.464 e. The maximum Gasteiger partial charge on any atom is 0.356 e. The van der Waals surface area contributed by atoms with Crippen LogP contribution < -0.4 is 5.32 Å². The van der Waals surface area contributed by atoms with Crippen molar-refractivity contribution in [2.45, 2.75) is 31.6 Å². The topological polar surface area (TPSA) is 78.3 Å². The van der Waals surface area contributed by atoms with Crippen LogP contribution in [0.5, 0.6) is 0 Å². The average Bonchev–Trinajstić information content (AvgIpc) is 3.09. The van der Waals surface area contributed by atoms with E-state index in [0.717, 1.165) is 48.3 Å². The van der Waals surface area contributed by atoms with Gasteiger partial charge in [-0.25, -0.2) is 14.5 Å². The molecule has 1 fully saturated rings. The molecule has 3 aromatic rings. The maximum absolute atomic E-state index is 12.3. The first-order valence-electron chi connectivity index (χ1n) is 10.0. The van der Waals surface area contributed by atoms with E-state index < -0.39 is 5.97 Å². The smallest absolute Gasteiger partial charge is 0.356 e. The number of carbonyl (C=O) groups excluding carboxylic acids is 1. The number of hydrogen-bond acceptors (Lipinski definition) is 6. The minimum absolute atomic E-state index is 0.270. The molecule has 0 unspecified atom stereocenters. The zero-order chi connectivity index (χ0) is 20.2. The summed E-state index contributed by atoms with van der Waals surface area (Å²) >= 11 is 0. The van der Waals surface area contributed by atoms with Crippen LogP contribution in [0, 0.1) is 0 Å². The number of nitrogens with zero attached hydrogens (tertiary/aromatic N) is 3. The summed E-state index contributed by atoms with van der Waals surface area (Å²) in [7, 11) is 3.06. The van der Waals surface area contributed by atoms with Crippen LogP contribution in [0.15, 0.2) is 36.4 Å². The fourth-order valence-electron chi connectivity index (χ4n) is 3.65. The Kier molecular flexibility index (Phi) is 5.76. The minimum atomic E-state index is -0.460. The predicted molar refractivity (Wildman–Crippen MR) is 112 cm³/mol. The second-order valence-electron chi connectivity index (χ2n) is 7.28. The lowest BCUT2D eigenvalue weighted by molar-refractivity contribution is 0.0594. The molecule has 152 valence electrons. The Morgan fingerprint density at radius 2 is 2.03 bits per heavy atom. The number of nitrogens with one attached hydrogen (secondary N) is 1. The van der Waals surface area contributed by atoms with Crippen LogP contribution in [0.2, 0.25) is 0 Å². The Balaban J connectivity index is 1.88. The number of pyridine rings is 1. The van der Waals surface area contributed by atoms with Crippen molar-refractivity contribution in [3.63, 3.8) is 0 Å². The molecular formula is C22H26N4O3. The molecule has 1 aliphatic rings. The van der Waals surface area contributed by atoms with E-state index in [1.54, 1.807) is 13.2 Å². The summed E-state index contributed by atoms with van der Waals surface area (Å²) < 4.78 is 11.9. The molecule has 7 heteroatoms. The molecule has 0 aliphatic heterocycles. The number of methoxy groups -OCH3 is 2. The van der Waals surface area contributed by atoms with Crippen LogP contribution in [0.3, 0.4) is 0 Å². The molecule has 1 N–H and O–H groups in total. The van der Waals surface area contributed by atoms with Crippen molar-refractivity contribution >= 4 is 22.7 Å². The van der Waals surface area contributed by atoms with Crippen LogP contribution >= 0.6 is 0 Å². The average molecular weight is 394 g/mol. The third-order valence-electron chi connectivity index (χ3n) is 5.39. The van der Waals surface area contributed by atoms with Crippen molar-refractivity contribution in [3.05, 3.63) is 47.8 Å². The normalized spacial score (nSPS) is 14.0. The number of fused-ring (bicyclic) bond motifs is 1. The van der Waals surface area contributed by atoms with Gasteiger partial charge in [-0.15, -0.1) is 0 Å². The molecule has 1 aliphatic carbocycles. The second kappa shape index (κ2) is 8.61. The van der Waals surface area contributed by atoms with Crippen LogP contribution in [0.25, 0.3) is 16.7 Å². The van der Waals surface area contributed by atoms with Crippen LogP contribution in [-0.4, -0.2) is 48.1 Å². The van der Waals surface area contributed by atoms with Crippen molar-refractivity contribution in [2.75, 3.05) is 32.7 Å². The SMILES string of the molecule is COCCCNc1cc(C(=O)OC)nc2c1c(C1CCC1)nn2-c1ccccc1. The lowest BCUT2D eigenvalue weighted by Crippen LogP contribution is -2.12. The Bertz CT molecular complexity index is 996. The van der Waals surface area contributed by atoms with E-state index in [9.17, 15) is 4.79 Å². The first kappa shape index (κ1) is 19.4. The third kappa shape index (κ3) is 3.82. The first-order valence-corrected chi connectivity index (χ1v) is 10.0. The summed E-state index contributed by atoms with van der Waals surface area (Å²) in [6.07, 6.45) is 4.33. The molecule has 0 spiro atoms. The number of rotatable bonds is 8. The molecule has 0 saturated heterocycles. The quantitative estimate of drug-likeness (QED) is 0.461. The molecule has 1 aromatic carbocycles. The lowest BCUT2D eigenvalue weighted by Gasteiger charge is -2.24. The second-order valence-corrected chi connectivity index (χ2v) is 7.28. The van der Waals surface area contributed by atoms with E-state index in [0.29, 0.717) is 18.2 Å². The molecule has 4 rings (SSSR count). The van der Waals surface area contributed by atoms with E-state index in [1.807, 2.05) is 35.0 Å². The molecule has 0 radical (unpaired) electrons. The Morgan fingerprint density at radius 3 is 2.69 bits per heavy atom. The van der Waals surface area contributed by atoms with Crippen molar-refractivity contribution in [2.24, 2.45) is 0 Å². The molecule has 29 heavy (non-hydrogen) atoms. The van der Waals surface area contributed by atoms with Gasteiger partial charge in [0.1, 0.15) is 0 Å². The van der Waals surface area contributed by atoms with Crippen molar-refractivity contribution in [1.29, 1.82) is 0 Å². The Labute approximate surface area is 170 Å². The van der Waals surface area contributed by atoms with Gasteiger partial charge >= 0.3 is 5.97 Å². The monoisotopic (exact) mass is 394 g/mol. The molecule has 0 atom stereocenters. The van der Waals surface area contributed by atoms with Gasteiger partial charge in [0.15, 0.2) is 11.3 Å². The molecule has 0 amide bonds. The van der Waals surface area contributed by atoms with Gasteiger partial charge in [0, 0.05) is 31.9 Å².